The van der Waals surface area contributed by atoms with Crippen LogP contribution in [-0.2, 0) is 9.59 Å². The molecule has 0 aliphatic carbocycles. The molecule has 33 heavy (non-hydrogen) atoms. The van der Waals surface area contributed by atoms with Crippen LogP contribution in [0.4, 0.5) is 10.5 Å². The number of amides is 4. The first-order valence-corrected chi connectivity index (χ1v) is 10.4. The maximum Gasteiger partial charge on any atom is 0.329 e. The lowest BCUT2D eigenvalue weighted by atomic mass is 10.2. The van der Waals surface area contributed by atoms with Crippen LogP contribution in [0, 0.1) is 0 Å². The van der Waals surface area contributed by atoms with E-state index in [9.17, 15) is 14.4 Å². The lowest BCUT2D eigenvalue weighted by Gasteiger charge is -2.13. The smallest absolute Gasteiger partial charge is 0.329 e. The van der Waals surface area contributed by atoms with Gasteiger partial charge in [-0.15, -0.1) is 0 Å². The van der Waals surface area contributed by atoms with Crippen LogP contribution in [0.25, 0.3) is 17.4 Å². The highest BCUT2D eigenvalue weighted by Crippen LogP contribution is 2.30. The average molecular weight is 486 g/mol. The molecule has 0 saturated carbocycles. The van der Waals surface area contributed by atoms with Gasteiger partial charge in [-0.25, -0.2) is 9.69 Å². The molecule has 2 N–H and O–H groups in total. The van der Waals surface area contributed by atoms with E-state index in [1.807, 2.05) is 0 Å². The summed E-state index contributed by atoms with van der Waals surface area (Å²) in [6.45, 7) is -0.466. The minimum Gasteiger partial charge on any atom is -0.495 e. The number of carbonyl (C=O) groups excluding carboxylic acids is 3. The summed E-state index contributed by atoms with van der Waals surface area (Å²) in [6, 6.07) is 14.5. The molecule has 3 aromatic rings. The molecular formula is C23H17Cl2N3O5. The predicted octanol–water partition coefficient (Wildman–Crippen LogP) is 4.79. The number of anilines is 1. The second-order valence-electron chi connectivity index (χ2n) is 6.96. The number of halogens is 2. The molecule has 168 valence electrons. The maximum absolute atomic E-state index is 12.7. The van der Waals surface area contributed by atoms with Crippen LogP contribution in [0.3, 0.4) is 0 Å². The first-order valence-electron chi connectivity index (χ1n) is 9.68. The van der Waals surface area contributed by atoms with Crippen molar-refractivity contribution in [2.24, 2.45) is 0 Å². The molecule has 1 aromatic heterocycles. The number of methoxy groups -OCH3 is 1. The van der Waals surface area contributed by atoms with E-state index in [1.54, 1.807) is 54.6 Å². The van der Waals surface area contributed by atoms with Crippen molar-refractivity contribution in [3.63, 3.8) is 0 Å². The summed E-state index contributed by atoms with van der Waals surface area (Å²) in [4.78, 5) is 38.2. The topological polar surface area (TPSA) is 101 Å². The fourth-order valence-electron chi connectivity index (χ4n) is 3.17. The third-order valence-electron chi connectivity index (χ3n) is 4.76. The highest BCUT2D eigenvalue weighted by Gasteiger charge is 2.35. The molecule has 1 fully saturated rings. The van der Waals surface area contributed by atoms with Gasteiger partial charge in [-0.2, -0.15) is 0 Å². The van der Waals surface area contributed by atoms with Gasteiger partial charge in [0.2, 0.25) is 5.91 Å². The Bertz CT molecular complexity index is 1280. The van der Waals surface area contributed by atoms with Crippen LogP contribution < -0.4 is 15.4 Å². The van der Waals surface area contributed by atoms with Gasteiger partial charge in [-0.3, -0.25) is 9.59 Å². The molecule has 1 saturated heterocycles. The minimum absolute atomic E-state index is 0.0138. The minimum atomic E-state index is -0.710. The van der Waals surface area contributed by atoms with Gasteiger partial charge in [0, 0.05) is 11.6 Å². The van der Waals surface area contributed by atoms with Crippen molar-refractivity contribution in [1.82, 2.24) is 10.2 Å². The molecule has 4 amide bonds. The number of nitrogens with zero attached hydrogens (tertiary/aromatic N) is 1. The quantitative estimate of drug-likeness (QED) is 0.386. The Morgan fingerprint density at radius 1 is 1.12 bits per heavy atom. The van der Waals surface area contributed by atoms with Gasteiger partial charge in [0.25, 0.3) is 5.91 Å². The molecule has 1 aliphatic heterocycles. The van der Waals surface area contributed by atoms with E-state index in [1.165, 1.54) is 13.2 Å². The molecule has 0 atom stereocenters. The SMILES string of the molecule is COc1ccccc1NC(=O)CN1C(=O)N/C(=C\c2ccc(-c3ccc(Cl)c(Cl)c3)o2)C1=O. The molecule has 0 radical (unpaired) electrons. The number of benzene rings is 2. The Morgan fingerprint density at radius 3 is 2.67 bits per heavy atom. The number of carbonyl (C=O) groups is 3. The Morgan fingerprint density at radius 2 is 1.91 bits per heavy atom. The predicted molar refractivity (Wildman–Crippen MR) is 124 cm³/mol. The van der Waals surface area contributed by atoms with Crippen molar-refractivity contribution in [3.8, 4) is 17.1 Å². The molecule has 2 heterocycles. The summed E-state index contributed by atoms with van der Waals surface area (Å²) in [7, 11) is 1.47. The Labute approximate surface area is 198 Å². The fraction of sp³-hybridized carbons (Fsp3) is 0.0870. The summed E-state index contributed by atoms with van der Waals surface area (Å²) in [6.07, 6.45) is 1.39. The normalized spacial score (nSPS) is 14.5. The van der Waals surface area contributed by atoms with Gasteiger partial charge in [-0.1, -0.05) is 35.3 Å². The number of furan rings is 1. The van der Waals surface area contributed by atoms with Crippen molar-refractivity contribution in [2.75, 3.05) is 19.0 Å². The summed E-state index contributed by atoms with van der Waals surface area (Å²) in [5.41, 5.74) is 1.11. The van der Waals surface area contributed by atoms with Crippen LogP contribution in [0.5, 0.6) is 5.75 Å². The molecule has 2 aromatic carbocycles. The summed E-state index contributed by atoms with van der Waals surface area (Å²) < 4.78 is 10.9. The Balaban J connectivity index is 1.46. The van der Waals surface area contributed by atoms with E-state index in [-0.39, 0.29) is 5.70 Å². The van der Waals surface area contributed by atoms with Crippen molar-refractivity contribution in [1.29, 1.82) is 0 Å². The number of hydrogen-bond acceptors (Lipinski definition) is 5. The van der Waals surface area contributed by atoms with Crippen LogP contribution in [0.1, 0.15) is 5.76 Å². The van der Waals surface area contributed by atoms with Gasteiger partial charge < -0.3 is 19.8 Å². The van der Waals surface area contributed by atoms with Gasteiger partial charge in [0.05, 0.1) is 22.8 Å². The monoisotopic (exact) mass is 485 g/mol. The first kappa shape index (κ1) is 22.4. The molecule has 4 rings (SSSR count). The first-order chi connectivity index (χ1) is 15.9. The van der Waals surface area contributed by atoms with Gasteiger partial charge >= 0.3 is 6.03 Å². The average Bonchev–Trinajstić information content (AvgIpc) is 3.36. The molecule has 10 heteroatoms. The zero-order valence-corrected chi connectivity index (χ0v) is 18.7. The third kappa shape index (κ3) is 4.87. The number of imide groups is 1. The number of nitrogens with one attached hydrogen (secondary N) is 2. The zero-order valence-electron chi connectivity index (χ0n) is 17.2. The molecule has 1 aliphatic rings. The second-order valence-corrected chi connectivity index (χ2v) is 7.77. The van der Waals surface area contributed by atoms with Gasteiger partial charge in [0.1, 0.15) is 29.5 Å². The van der Waals surface area contributed by atoms with Crippen molar-refractivity contribution in [3.05, 3.63) is 76.1 Å². The zero-order chi connectivity index (χ0) is 23.5. The molecule has 0 bridgehead atoms. The van der Waals surface area contributed by atoms with Crippen molar-refractivity contribution >= 4 is 52.8 Å². The highest BCUT2D eigenvalue weighted by atomic mass is 35.5. The summed E-state index contributed by atoms with van der Waals surface area (Å²) in [5.74, 6) is 0.0938. The maximum atomic E-state index is 12.7. The number of ether oxygens (including phenoxy) is 1. The second kappa shape index (κ2) is 9.40. The summed E-state index contributed by atoms with van der Waals surface area (Å²) >= 11 is 12.0. The van der Waals surface area contributed by atoms with Crippen molar-refractivity contribution in [2.45, 2.75) is 0 Å². The van der Waals surface area contributed by atoms with E-state index in [2.05, 4.69) is 10.6 Å². The molecule has 0 unspecified atom stereocenters. The highest BCUT2D eigenvalue weighted by molar-refractivity contribution is 6.42. The third-order valence-corrected chi connectivity index (χ3v) is 5.50. The summed E-state index contributed by atoms with van der Waals surface area (Å²) in [5, 5.41) is 5.88. The number of hydrogen-bond donors (Lipinski definition) is 2. The van der Waals surface area contributed by atoms with Gasteiger partial charge in [-0.05, 0) is 42.5 Å². The lowest BCUT2D eigenvalue weighted by Crippen LogP contribution is -2.38. The molecular weight excluding hydrogens is 469 g/mol. The van der Waals surface area contributed by atoms with E-state index < -0.39 is 24.4 Å². The molecule has 0 spiro atoms. The largest absolute Gasteiger partial charge is 0.495 e. The number of rotatable bonds is 6. The molecule has 8 nitrogen and oxygen atoms in total. The number of para-hydroxylation sites is 2. The van der Waals surface area contributed by atoms with E-state index in [0.29, 0.717) is 38.6 Å². The Hall–Kier alpha value is -3.75. The van der Waals surface area contributed by atoms with E-state index in [0.717, 1.165) is 4.90 Å². The van der Waals surface area contributed by atoms with E-state index in [4.69, 9.17) is 32.4 Å². The van der Waals surface area contributed by atoms with Crippen molar-refractivity contribution < 1.29 is 23.5 Å². The van der Waals surface area contributed by atoms with Crippen LogP contribution >= 0.6 is 23.2 Å². The van der Waals surface area contributed by atoms with Crippen LogP contribution in [0.15, 0.2) is 64.7 Å². The van der Waals surface area contributed by atoms with Crippen LogP contribution in [-0.4, -0.2) is 36.4 Å². The fourth-order valence-corrected chi connectivity index (χ4v) is 3.47. The van der Waals surface area contributed by atoms with Gasteiger partial charge in [0.15, 0.2) is 0 Å². The van der Waals surface area contributed by atoms with E-state index >= 15 is 0 Å². The number of urea groups is 1. The Kier molecular flexibility index (Phi) is 6.39. The standard InChI is InChI=1S/C23H17Cl2N3O5/c1-32-20-5-3-2-4-17(20)26-21(29)12-28-22(30)18(27-23(28)31)11-14-7-9-19(33-14)13-6-8-15(24)16(25)10-13/h2-11H,12H2,1H3,(H,26,29)(H,27,31)/b18-11-. The van der Waals surface area contributed by atoms with Crippen LogP contribution in [0.2, 0.25) is 10.0 Å². The lowest BCUT2D eigenvalue weighted by molar-refractivity contribution is -0.127.